The number of rotatable bonds is 7. The van der Waals surface area contributed by atoms with E-state index in [2.05, 4.69) is 152 Å². The van der Waals surface area contributed by atoms with Crippen LogP contribution in [0.4, 0.5) is 0 Å². The smallest absolute Gasteiger partial charge is 0.164 e. The molecule has 0 spiro atoms. The second-order valence-corrected chi connectivity index (χ2v) is 14.0. The molecular weight excluding hydrogens is 667 g/mol. The average molecular weight is 702 g/mol. The van der Waals surface area contributed by atoms with Gasteiger partial charge in [0.1, 0.15) is 0 Å². The normalized spacial score (nSPS) is 12.5. The molecular formula is C52H35N3. The van der Waals surface area contributed by atoms with E-state index >= 15 is 0 Å². The molecule has 0 unspecified atom stereocenters. The first-order valence-electron chi connectivity index (χ1n) is 18.7. The largest absolute Gasteiger partial charge is 0.208 e. The maximum absolute atomic E-state index is 5.01. The minimum atomic E-state index is -0.493. The van der Waals surface area contributed by atoms with Crippen LogP contribution in [0.25, 0.3) is 67.5 Å². The molecule has 0 radical (unpaired) electrons. The maximum Gasteiger partial charge on any atom is 0.164 e. The van der Waals surface area contributed by atoms with Crippen LogP contribution in [-0.4, -0.2) is 15.0 Å². The Bertz CT molecular complexity index is 2700. The standard InChI is InChI=1S/C52H35N3/c1-5-18-36(19-6-1)49-53-50(37-20-7-2-8-21-37)55-51(54-49)41-25-16-23-39(35-41)38-22-15-24-40(34-38)44-31-17-32-46-45-30-13-14-33-47(45)52(48(44)46,42-26-9-3-10-27-42)43-28-11-4-12-29-43/h1-35H. The predicted molar refractivity (Wildman–Crippen MR) is 224 cm³/mol. The molecule has 0 saturated heterocycles. The van der Waals surface area contributed by atoms with Gasteiger partial charge in [0, 0.05) is 16.7 Å². The van der Waals surface area contributed by atoms with Gasteiger partial charge < -0.3 is 0 Å². The summed E-state index contributed by atoms with van der Waals surface area (Å²) in [5.74, 6) is 1.94. The molecule has 1 heterocycles. The Morgan fingerprint density at radius 3 is 1.24 bits per heavy atom. The SMILES string of the molecule is c1ccc(-c2nc(-c3ccccc3)nc(-c3cccc(-c4cccc(-c5cccc6c5C(c5ccccc5)(c5ccccc5)c5ccccc5-6)c4)c3)n2)cc1. The molecule has 55 heavy (non-hydrogen) atoms. The summed E-state index contributed by atoms with van der Waals surface area (Å²) in [6.45, 7) is 0. The molecule has 0 bridgehead atoms. The van der Waals surface area contributed by atoms with Gasteiger partial charge in [0.25, 0.3) is 0 Å². The van der Waals surface area contributed by atoms with E-state index in [4.69, 9.17) is 15.0 Å². The van der Waals surface area contributed by atoms with Crippen LogP contribution in [-0.2, 0) is 5.41 Å². The molecule has 0 N–H and O–H groups in total. The quantitative estimate of drug-likeness (QED) is 0.166. The van der Waals surface area contributed by atoms with Crippen LogP contribution < -0.4 is 0 Å². The second kappa shape index (κ2) is 13.6. The molecule has 0 fully saturated rings. The zero-order valence-corrected chi connectivity index (χ0v) is 30.0. The molecule has 258 valence electrons. The van der Waals surface area contributed by atoms with E-state index in [-0.39, 0.29) is 0 Å². The van der Waals surface area contributed by atoms with E-state index in [0.29, 0.717) is 17.5 Å². The number of benzene rings is 8. The summed E-state index contributed by atoms with van der Waals surface area (Å²) in [6, 6.07) is 75.4. The van der Waals surface area contributed by atoms with Gasteiger partial charge in [-0.15, -0.1) is 0 Å². The Hall–Kier alpha value is -7.23. The monoisotopic (exact) mass is 701 g/mol. The first-order valence-corrected chi connectivity index (χ1v) is 18.7. The fourth-order valence-corrected chi connectivity index (χ4v) is 8.39. The first kappa shape index (κ1) is 32.4. The Morgan fingerprint density at radius 2 is 0.655 bits per heavy atom. The fraction of sp³-hybridized carbons (Fsp3) is 0.0192. The molecule has 8 aromatic carbocycles. The molecule has 0 amide bonds. The van der Waals surface area contributed by atoms with Crippen molar-refractivity contribution in [2.45, 2.75) is 5.41 Å². The van der Waals surface area contributed by atoms with Gasteiger partial charge in [-0.2, -0.15) is 0 Å². The van der Waals surface area contributed by atoms with Crippen LogP contribution in [0, 0.1) is 0 Å². The van der Waals surface area contributed by atoms with Crippen molar-refractivity contribution in [3.8, 4) is 67.5 Å². The molecule has 9 aromatic rings. The van der Waals surface area contributed by atoms with Crippen LogP contribution >= 0.6 is 0 Å². The summed E-state index contributed by atoms with van der Waals surface area (Å²) >= 11 is 0. The maximum atomic E-state index is 5.01. The minimum Gasteiger partial charge on any atom is -0.208 e. The third-order valence-corrected chi connectivity index (χ3v) is 10.8. The van der Waals surface area contributed by atoms with Gasteiger partial charge in [-0.3, -0.25) is 0 Å². The highest BCUT2D eigenvalue weighted by molar-refractivity contribution is 5.93. The summed E-state index contributed by atoms with van der Waals surface area (Å²) in [7, 11) is 0. The van der Waals surface area contributed by atoms with Crippen LogP contribution in [0.2, 0.25) is 0 Å². The second-order valence-electron chi connectivity index (χ2n) is 14.0. The van der Waals surface area contributed by atoms with Crippen molar-refractivity contribution in [2.75, 3.05) is 0 Å². The van der Waals surface area contributed by atoms with Crippen molar-refractivity contribution >= 4 is 0 Å². The number of hydrogen-bond donors (Lipinski definition) is 0. The van der Waals surface area contributed by atoms with Gasteiger partial charge >= 0.3 is 0 Å². The molecule has 10 rings (SSSR count). The minimum absolute atomic E-state index is 0.493. The van der Waals surface area contributed by atoms with Gasteiger partial charge in [0.2, 0.25) is 0 Å². The lowest BCUT2D eigenvalue weighted by molar-refractivity contribution is 0.770. The number of fused-ring (bicyclic) bond motifs is 3. The summed E-state index contributed by atoms with van der Waals surface area (Å²) in [4.78, 5) is 14.9. The van der Waals surface area contributed by atoms with Gasteiger partial charge in [0.05, 0.1) is 5.41 Å². The van der Waals surface area contributed by atoms with Crippen molar-refractivity contribution in [1.29, 1.82) is 0 Å². The Morgan fingerprint density at radius 1 is 0.273 bits per heavy atom. The van der Waals surface area contributed by atoms with Gasteiger partial charge in [0.15, 0.2) is 17.5 Å². The lowest BCUT2D eigenvalue weighted by Gasteiger charge is -2.35. The van der Waals surface area contributed by atoms with Crippen molar-refractivity contribution < 1.29 is 0 Å². The molecule has 1 aliphatic carbocycles. The van der Waals surface area contributed by atoms with E-state index < -0.39 is 5.41 Å². The lowest BCUT2D eigenvalue weighted by atomic mass is 9.66. The summed E-state index contributed by atoms with van der Waals surface area (Å²) < 4.78 is 0. The molecule has 1 aliphatic rings. The van der Waals surface area contributed by atoms with Crippen LogP contribution in [0.15, 0.2) is 212 Å². The van der Waals surface area contributed by atoms with Crippen LogP contribution in [0.5, 0.6) is 0 Å². The first-order chi connectivity index (χ1) is 27.3. The molecule has 1 aromatic heterocycles. The highest BCUT2D eigenvalue weighted by Crippen LogP contribution is 2.58. The molecule has 0 atom stereocenters. The van der Waals surface area contributed by atoms with Gasteiger partial charge in [-0.05, 0) is 67.8 Å². The number of hydrogen-bond acceptors (Lipinski definition) is 3. The van der Waals surface area contributed by atoms with E-state index in [1.54, 1.807) is 0 Å². The zero-order chi connectivity index (χ0) is 36.6. The van der Waals surface area contributed by atoms with E-state index in [1.165, 1.54) is 44.5 Å². The fourth-order valence-electron chi connectivity index (χ4n) is 8.39. The number of aromatic nitrogens is 3. The Kier molecular flexibility index (Phi) is 8.04. The summed E-state index contributed by atoms with van der Waals surface area (Å²) in [5.41, 5.74) is 14.6. The molecule has 3 nitrogen and oxygen atoms in total. The Balaban J connectivity index is 1.13. The van der Waals surface area contributed by atoms with Crippen LogP contribution in [0.1, 0.15) is 22.3 Å². The third-order valence-electron chi connectivity index (χ3n) is 10.8. The van der Waals surface area contributed by atoms with E-state index in [1.807, 2.05) is 60.7 Å². The van der Waals surface area contributed by atoms with Crippen molar-refractivity contribution in [3.05, 3.63) is 235 Å². The average Bonchev–Trinajstić information content (AvgIpc) is 3.59. The van der Waals surface area contributed by atoms with Crippen molar-refractivity contribution in [3.63, 3.8) is 0 Å². The summed E-state index contributed by atoms with van der Waals surface area (Å²) in [6.07, 6.45) is 0. The van der Waals surface area contributed by atoms with Crippen LogP contribution in [0.3, 0.4) is 0 Å². The summed E-state index contributed by atoms with van der Waals surface area (Å²) in [5, 5.41) is 0. The Labute approximate surface area is 321 Å². The van der Waals surface area contributed by atoms with E-state index in [9.17, 15) is 0 Å². The topological polar surface area (TPSA) is 38.7 Å². The third kappa shape index (κ3) is 5.57. The highest BCUT2D eigenvalue weighted by atomic mass is 15.0. The molecule has 3 heteroatoms. The number of nitrogens with zero attached hydrogens (tertiary/aromatic N) is 3. The van der Waals surface area contributed by atoms with Gasteiger partial charge in [-0.25, -0.2) is 15.0 Å². The van der Waals surface area contributed by atoms with Gasteiger partial charge in [-0.1, -0.05) is 200 Å². The molecule has 0 aliphatic heterocycles. The van der Waals surface area contributed by atoms with Crippen molar-refractivity contribution in [1.82, 2.24) is 15.0 Å². The zero-order valence-electron chi connectivity index (χ0n) is 30.0. The van der Waals surface area contributed by atoms with Crippen molar-refractivity contribution in [2.24, 2.45) is 0 Å². The molecule has 0 saturated carbocycles. The van der Waals surface area contributed by atoms with E-state index in [0.717, 1.165) is 27.8 Å². The lowest BCUT2D eigenvalue weighted by Crippen LogP contribution is -2.29. The highest BCUT2D eigenvalue weighted by Gasteiger charge is 2.47. The predicted octanol–water partition coefficient (Wildman–Crippen LogP) is 12.6.